The summed E-state index contributed by atoms with van der Waals surface area (Å²) < 4.78 is 13.0. The molecule has 1 atom stereocenters. The molecule has 0 radical (unpaired) electrons. The average Bonchev–Trinajstić information content (AvgIpc) is 3.27. The molecule has 4 N–H and O–H groups in total. The first-order chi connectivity index (χ1) is 12.7. The van der Waals surface area contributed by atoms with Crippen molar-refractivity contribution in [1.29, 1.82) is 0 Å². The van der Waals surface area contributed by atoms with Crippen LogP contribution in [-0.2, 0) is 6.54 Å². The van der Waals surface area contributed by atoms with Crippen molar-refractivity contribution >= 4 is 17.6 Å². The van der Waals surface area contributed by atoms with Crippen molar-refractivity contribution < 1.29 is 4.39 Å². The van der Waals surface area contributed by atoms with Crippen molar-refractivity contribution in [3.63, 3.8) is 0 Å². The normalized spacial score (nSPS) is 17.5. The monoisotopic (exact) mass is 354 g/mol. The van der Waals surface area contributed by atoms with Gasteiger partial charge in [-0.2, -0.15) is 15.0 Å². The molecule has 0 saturated carbocycles. The third-order valence-corrected chi connectivity index (χ3v) is 4.34. The molecule has 3 heterocycles. The fraction of sp³-hybridized carbons (Fsp3) is 0.294. The van der Waals surface area contributed by atoms with Crippen molar-refractivity contribution in [2.45, 2.75) is 25.4 Å². The molecule has 0 bridgehead atoms. The fourth-order valence-corrected chi connectivity index (χ4v) is 3.19. The minimum absolute atomic E-state index is 0.147. The van der Waals surface area contributed by atoms with Crippen LogP contribution in [0.5, 0.6) is 0 Å². The second-order valence-electron chi connectivity index (χ2n) is 6.17. The lowest BCUT2D eigenvalue weighted by atomic mass is 10.2. The van der Waals surface area contributed by atoms with E-state index in [9.17, 15) is 4.39 Å². The van der Waals surface area contributed by atoms with E-state index in [1.807, 2.05) is 6.20 Å². The van der Waals surface area contributed by atoms with Crippen LogP contribution in [0.1, 0.15) is 30.5 Å². The number of halogens is 1. The second-order valence-corrected chi connectivity index (χ2v) is 6.17. The first-order valence-electron chi connectivity index (χ1n) is 8.44. The van der Waals surface area contributed by atoms with Crippen LogP contribution in [0.4, 0.5) is 22.0 Å². The number of imidazole rings is 1. The van der Waals surface area contributed by atoms with Crippen molar-refractivity contribution in [1.82, 2.24) is 29.8 Å². The van der Waals surface area contributed by atoms with Gasteiger partial charge in [-0.1, -0.05) is 0 Å². The molecule has 8 nitrogen and oxygen atoms in total. The number of hydrogen-bond acceptors (Lipinski definition) is 7. The van der Waals surface area contributed by atoms with Gasteiger partial charge in [0.2, 0.25) is 11.9 Å². The molecule has 1 unspecified atom stereocenters. The Morgan fingerprint density at radius 3 is 2.85 bits per heavy atom. The summed E-state index contributed by atoms with van der Waals surface area (Å²) in [5, 5.41) is 3.03. The lowest BCUT2D eigenvalue weighted by Gasteiger charge is -2.22. The number of anilines is 3. The molecular weight excluding hydrogens is 335 g/mol. The molecule has 0 amide bonds. The quantitative estimate of drug-likeness (QED) is 0.645. The van der Waals surface area contributed by atoms with E-state index in [2.05, 4.69) is 35.1 Å². The second kappa shape index (κ2) is 7.04. The van der Waals surface area contributed by atoms with E-state index in [-0.39, 0.29) is 17.8 Å². The van der Waals surface area contributed by atoms with Crippen molar-refractivity contribution in [3.8, 4) is 0 Å². The minimum atomic E-state index is -0.301. The van der Waals surface area contributed by atoms with Crippen molar-refractivity contribution in [2.24, 2.45) is 0 Å². The number of aromatic amines is 1. The number of aromatic nitrogens is 5. The predicted octanol–water partition coefficient (Wildman–Crippen LogP) is 2.40. The van der Waals surface area contributed by atoms with E-state index in [1.54, 1.807) is 18.3 Å². The van der Waals surface area contributed by atoms with Gasteiger partial charge in [-0.25, -0.2) is 9.37 Å². The number of rotatable bonds is 5. The lowest BCUT2D eigenvalue weighted by molar-refractivity contribution is 0.235. The summed E-state index contributed by atoms with van der Waals surface area (Å²) in [6.45, 7) is 1.49. The first kappa shape index (κ1) is 16.4. The van der Waals surface area contributed by atoms with Gasteiger partial charge in [0.05, 0.1) is 12.6 Å². The zero-order valence-corrected chi connectivity index (χ0v) is 14.1. The summed E-state index contributed by atoms with van der Waals surface area (Å²) >= 11 is 0. The number of nitrogens with one attached hydrogen (secondary N) is 2. The van der Waals surface area contributed by atoms with Crippen LogP contribution in [-0.4, -0.2) is 36.4 Å². The van der Waals surface area contributed by atoms with Crippen LogP contribution in [0.3, 0.4) is 0 Å². The Morgan fingerprint density at radius 2 is 2.08 bits per heavy atom. The molecule has 1 aliphatic rings. The minimum Gasteiger partial charge on any atom is -0.368 e. The van der Waals surface area contributed by atoms with Gasteiger partial charge in [-0.3, -0.25) is 4.90 Å². The van der Waals surface area contributed by atoms with E-state index in [0.717, 1.165) is 25.2 Å². The van der Waals surface area contributed by atoms with E-state index in [0.29, 0.717) is 24.0 Å². The predicted molar refractivity (Wildman–Crippen MR) is 94.9 cm³/mol. The molecule has 1 fully saturated rings. The summed E-state index contributed by atoms with van der Waals surface area (Å²) in [6, 6.07) is 6.18. The van der Waals surface area contributed by atoms with E-state index >= 15 is 0 Å². The number of hydrogen-bond donors (Lipinski definition) is 3. The Morgan fingerprint density at radius 1 is 1.23 bits per heavy atom. The van der Waals surface area contributed by atoms with Gasteiger partial charge in [-0.05, 0) is 43.7 Å². The number of benzene rings is 1. The molecule has 0 spiro atoms. The maximum Gasteiger partial charge on any atom is 0.232 e. The fourth-order valence-electron chi connectivity index (χ4n) is 3.19. The smallest absolute Gasteiger partial charge is 0.232 e. The number of H-pyrrole nitrogens is 1. The largest absolute Gasteiger partial charge is 0.368 e. The van der Waals surface area contributed by atoms with Crippen LogP contribution in [0, 0.1) is 5.82 Å². The molecule has 1 saturated heterocycles. The van der Waals surface area contributed by atoms with Crippen LogP contribution in [0.25, 0.3) is 0 Å². The van der Waals surface area contributed by atoms with Gasteiger partial charge in [0.15, 0.2) is 0 Å². The molecule has 4 rings (SSSR count). The number of nitrogens with two attached hydrogens (primary N) is 1. The highest BCUT2D eigenvalue weighted by Crippen LogP contribution is 2.30. The maximum atomic E-state index is 13.0. The van der Waals surface area contributed by atoms with Gasteiger partial charge in [0.1, 0.15) is 17.5 Å². The van der Waals surface area contributed by atoms with Crippen LogP contribution in [0.15, 0.2) is 36.7 Å². The third kappa shape index (κ3) is 3.62. The summed E-state index contributed by atoms with van der Waals surface area (Å²) in [7, 11) is 0. The maximum absolute atomic E-state index is 13.0. The Kier molecular flexibility index (Phi) is 4.44. The number of likely N-dealkylation sites (tertiary alicyclic amines) is 1. The van der Waals surface area contributed by atoms with Crippen molar-refractivity contribution in [2.75, 3.05) is 17.6 Å². The first-order valence-corrected chi connectivity index (χ1v) is 8.44. The number of nitrogens with zero attached hydrogens (tertiary/aromatic N) is 5. The molecule has 26 heavy (non-hydrogen) atoms. The summed E-state index contributed by atoms with van der Waals surface area (Å²) in [5.41, 5.74) is 6.52. The van der Waals surface area contributed by atoms with E-state index in [4.69, 9.17) is 5.73 Å². The molecule has 9 heteroatoms. The molecule has 3 aromatic rings. The van der Waals surface area contributed by atoms with Gasteiger partial charge in [0.25, 0.3) is 0 Å². The summed E-state index contributed by atoms with van der Waals surface area (Å²) in [4.78, 5) is 22.6. The SMILES string of the molecule is Nc1nc(CN2CCCC2c2ncc[nH]2)nc(Nc2ccc(F)cc2)n1. The Labute approximate surface area is 149 Å². The Hall–Kier alpha value is -3.07. The highest BCUT2D eigenvalue weighted by atomic mass is 19.1. The van der Waals surface area contributed by atoms with Crippen LogP contribution >= 0.6 is 0 Å². The van der Waals surface area contributed by atoms with Gasteiger partial charge < -0.3 is 16.0 Å². The Bertz CT molecular complexity index is 865. The van der Waals surface area contributed by atoms with Gasteiger partial charge in [-0.15, -0.1) is 0 Å². The summed E-state index contributed by atoms with van der Waals surface area (Å²) in [5.74, 6) is 1.72. The van der Waals surface area contributed by atoms with Crippen molar-refractivity contribution in [3.05, 3.63) is 54.1 Å². The van der Waals surface area contributed by atoms with Gasteiger partial charge >= 0.3 is 0 Å². The standard InChI is InChI=1S/C17H19FN8/c18-11-3-5-12(6-4-11)22-17-24-14(23-16(19)25-17)10-26-9-1-2-13(26)15-20-7-8-21-15/h3-8,13H,1-2,9-10H2,(H,20,21)(H3,19,22,23,24,25). The molecule has 1 aliphatic heterocycles. The Balaban J connectivity index is 1.51. The van der Waals surface area contributed by atoms with Crippen LogP contribution < -0.4 is 11.1 Å². The average molecular weight is 354 g/mol. The van der Waals surface area contributed by atoms with Gasteiger partial charge in [0, 0.05) is 18.1 Å². The van der Waals surface area contributed by atoms with E-state index in [1.165, 1.54) is 12.1 Å². The highest BCUT2D eigenvalue weighted by Gasteiger charge is 2.28. The topological polar surface area (TPSA) is 109 Å². The zero-order valence-electron chi connectivity index (χ0n) is 14.1. The molecule has 0 aliphatic carbocycles. The van der Waals surface area contributed by atoms with E-state index < -0.39 is 0 Å². The number of nitrogen functional groups attached to an aromatic ring is 1. The molecule has 2 aromatic heterocycles. The molecule has 1 aromatic carbocycles. The summed E-state index contributed by atoms with van der Waals surface area (Å²) in [6.07, 6.45) is 5.72. The van der Waals surface area contributed by atoms with Crippen LogP contribution in [0.2, 0.25) is 0 Å². The molecular formula is C17H19FN8. The third-order valence-electron chi connectivity index (χ3n) is 4.34. The highest BCUT2D eigenvalue weighted by molar-refractivity contribution is 5.53. The zero-order chi connectivity index (χ0) is 17.9. The lowest BCUT2D eigenvalue weighted by Crippen LogP contribution is -2.25. The molecule has 134 valence electrons.